The Balaban J connectivity index is 1.81. The first-order chi connectivity index (χ1) is 11.5. The van der Waals surface area contributed by atoms with E-state index in [1.807, 2.05) is 31.2 Å². The van der Waals surface area contributed by atoms with Crippen molar-refractivity contribution in [2.24, 2.45) is 0 Å². The number of rotatable bonds is 2. The van der Waals surface area contributed by atoms with Crippen molar-refractivity contribution in [3.63, 3.8) is 0 Å². The zero-order chi connectivity index (χ0) is 17.3. The maximum absolute atomic E-state index is 13.3. The fourth-order valence-corrected chi connectivity index (χ4v) is 2.99. The highest BCUT2D eigenvalue weighted by atomic mass is 19.1. The number of carbonyl (C=O) groups excluding carboxylic acids is 2. The van der Waals surface area contributed by atoms with Crippen LogP contribution in [-0.4, -0.2) is 35.8 Å². The molecular formula is C19H19FN2O2. The molecule has 1 atom stereocenters. The number of piperazine rings is 1. The fourth-order valence-electron chi connectivity index (χ4n) is 2.99. The highest BCUT2D eigenvalue weighted by molar-refractivity contribution is 6.03. The Labute approximate surface area is 140 Å². The van der Waals surface area contributed by atoms with E-state index in [9.17, 15) is 14.0 Å². The largest absolute Gasteiger partial charge is 0.325 e. The first-order valence-electron chi connectivity index (χ1n) is 7.92. The van der Waals surface area contributed by atoms with Crippen molar-refractivity contribution in [2.45, 2.75) is 19.9 Å². The van der Waals surface area contributed by atoms with Crippen LogP contribution < -0.4 is 4.90 Å². The van der Waals surface area contributed by atoms with E-state index in [0.29, 0.717) is 13.1 Å². The number of hydrogen-bond acceptors (Lipinski definition) is 2. The molecule has 5 heteroatoms. The lowest BCUT2D eigenvalue weighted by molar-refractivity contribution is -0.124. The first kappa shape index (κ1) is 16.2. The van der Waals surface area contributed by atoms with Gasteiger partial charge in [0.25, 0.3) is 5.91 Å². The summed E-state index contributed by atoms with van der Waals surface area (Å²) < 4.78 is 13.3. The summed E-state index contributed by atoms with van der Waals surface area (Å²) in [6, 6.07) is 12.7. The van der Waals surface area contributed by atoms with Crippen molar-refractivity contribution in [3.8, 4) is 0 Å². The lowest BCUT2D eigenvalue weighted by Gasteiger charge is -2.39. The number of anilines is 1. The summed E-state index contributed by atoms with van der Waals surface area (Å²) in [5.74, 6) is -0.908. The average Bonchev–Trinajstić information content (AvgIpc) is 2.56. The molecule has 2 aromatic rings. The molecule has 4 nitrogen and oxygen atoms in total. The Kier molecular flexibility index (Phi) is 4.34. The minimum atomic E-state index is -0.588. The van der Waals surface area contributed by atoms with E-state index in [0.717, 1.165) is 11.3 Å². The van der Waals surface area contributed by atoms with E-state index < -0.39 is 11.9 Å². The van der Waals surface area contributed by atoms with Gasteiger partial charge in [0, 0.05) is 24.3 Å². The normalized spacial score (nSPS) is 18.0. The molecule has 1 aliphatic rings. The lowest BCUT2D eigenvalue weighted by Crippen LogP contribution is -2.57. The van der Waals surface area contributed by atoms with E-state index in [4.69, 9.17) is 0 Å². The summed E-state index contributed by atoms with van der Waals surface area (Å²) in [6.07, 6.45) is 0. The molecule has 1 fully saturated rings. The van der Waals surface area contributed by atoms with Gasteiger partial charge in [0.1, 0.15) is 11.9 Å². The van der Waals surface area contributed by atoms with Gasteiger partial charge in [0.2, 0.25) is 5.91 Å². The number of benzene rings is 2. The van der Waals surface area contributed by atoms with Gasteiger partial charge in [-0.2, -0.15) is 0 Å². The van der Waals surface area contributed by atoms with Crippen LogP contribution >= 0.6 is 0 Å². The third kappa shape index (κ3) is 3.02. The summed E-state index contributed by atoms with van der Waals surface area (Å²) >= 11 is 0. The molecule has 0 spiro atoms. The molecule has 0 aliphatic carbocycles. The fraction of sp³-hybridized carbons (Fsp3) is 0.263. The minimum Gasteiger partial charge on any atom is -0.325 e. The highest BCUT2D eigenvalue weighted by Gasteiger charge is 2.35. The molecule has 0 bridgehead atoms. The molecule has 2 aromatic carbocycles. The zero-order valence-corrected chi connectivity index (χ0v) is 13.7. The van der Waals surface area contributed by atoms with E-state index in [1.165, 1.54) is 23.1 Å². The molecule has 3 rings (SSSR count). The molecular weight excluding hydrogens is 307 g/mol. The average molecular weight is 326 g/mol. The van der Waals surface area contributed by atoms with Crippen molar-refractivity contribution >= 4 is 17.5 Å². The van der Waals surface area contributed by atoms with Gasteiger partial charge in [-0.1, -0.05) is 18.2 Å². The van der Waals surface area contributed by atoms with Crippen molar-refractivity contribution in [1.82, 2.24) is 4.90 Å². The van der Waals surface area contributed by atoms with Crippen LogP contribution in [0.1, 0.15) is 22.8 Å². The highest BCUT2D eigenvalue weighted by Crippen LogP contribution is 2.22. The molecule has 0 saturated carbocycles. The third-order valence-electron chi connectivity index (χ3n) is 4.30. The molecule has 2 amide bonds. The Morgan fingerprint density at radius 3 is 2.58 bits per heavy atom. The second kappa shape index (κ2) is 6.43. The molecule has 0 radical (unpaired) electrons. The number of aryl methyl sites for hydroxylation is 1. The topological polar surface area (TPSA) is 40.6 Å². The minimum absolute atomic E-state index is 0.128. The van der Waals surface area contributed by atoms with Gasteiger partial charge >= 0.3 is 0 Å². The molecule has 24 heavy (non-hydrogen) atoms. The Hall–Kier alpha value is -2.69. The van der Waals surface area contributed by atoms with Crippen LogP contribution in [0.15, 0.2) is 48.5 Å². The van der Waals surface area contributed by atoms with Gasteiger partial charge in [-0.15, -0.1) is 0 Å². The summed E-state index contributed by atoms with van der Waals surface area (Å²) in [5.41, 5.74) is 2.18. The second-order valence-corrected chi connectivity index (χ2v) is 6.01. The molecule has 1 aliphatic heterocycles. The number of hydrogen-bond donors (Lipinski definition) is 0. The van der Waals surface area contributed by atoms with Crippen LogP contribution in [0.5, 0.6) is 0 Å². The van der Waals surface area contributed by atoms with E-state index in [1.54, 1.807) is 17.9 Å². The van der Waals surface area contributed by atoms with Gasteiger partial charge in [0.05, 0.1) is 0 Å². The van der Waals surface area contributed by atoms with Crippen LogP contribution in [0, 0.1) is 12.7 Å². The van der Waals surface area contributed by atoms with Gasteiger partial charge in [-0.05, 0) is 49.7 Å². The molecule has 124 valence electrons. The quantitative estimate of drug-likeness (QED) is 0.851. The van der Waals surface area contributed by atoms with Crippen LogP contribution in [-0.2, 0) is 4.79 Å². The molecule has 0 aromatic heterocycles. The smallest absolute Gasteiger partial charge is 0.254 e. The predicted octanol–water partition coefficient (Wildman–Crippen LogP) is 3.01. The SMILES string of the molecule is Cc1cccc(N2CCN(C(=O)c3cccc(F)c3)[C@@H](C)C2=O)c1. The summed E-state index contributed by atoms with van der Waals surface area (Å²) in [4.78, 5) is 28.5. The molecule has 0 N–H and O–H groups in total. The van der Waals surface area contributed by atoms with E-state index in [-0.39, 0.29) is 17.4 Å². The van der Waals surface area contributed by atoms with Gasteiger partial charge in [0.15, 0.2) is 0 Å². The Morgan fingerprint density at radius 2 is 1.88 bits per heavy atom. The van der Waals surface area contributed by atoms with Gasteiger partial charge in [-0.3, -0.25) is 9.59 Å². The first-order valence-corrected chi connectivity index (χ1v) is 7.92. The monoisotopic (exact) mass is 326 g/mol. The van der Waals surface area contributed by atoms with Crippen molar-refractivity contribution < 1.29 is 14.0 Å². The van der Waals surface area contributed by atoms with Crippen LogP contribution in [0.25, 0.3) is 0 Å². The molecule has 1 saturated heterocycles. The van der Waals surface area contributed by atoms with Crippen LogP contribution in [0.2, 0.25) is 0 Å². The predicted molar refractivity (Wildman–Crippen MR) is 90.4 cm³/mol. The standard InChI is InChI=1S/C19H19FN2O2/c1-13-5-3-8-17(11-13)22-10-9-21(14(2)18(22)23)19(24)15-6-4-7-16(20)12-15/h3-8,11-12,14H,9-10H2,1-2H3/t14-/m0/s1. The van der Waals surface area contributed by atoms with Gasteiger partial charge < -0.3 is 9.80 Å². The Morgan fingerprint density at radius 1 is 1.12 bits per heavy atom. The number of halogens is 1. The van der Waals surface area contributed by atoms with Gasteiger partial charge in [-0.25, -0.2) is 4.39 Å². The number of nitrogens with zero attached hydrogens (tertiary/aromatic N) is 2. The van der Waals surface area contributed by atoms with Crippen molar-refractivity contribution in [3.05, 3.63) is 65.5 Å². The van der Waals surface area contributed by atoms with E-state index in [2.05, 4.69) is 0 Å². The van der Waals surface area contributed by atoms with Crippen LogP contribution in [0.3, 0.4) is 0 Å². The van der Waals surface area contributed by atoms with E-state index >= 15 is 0 Å². The zero-order valence-electron chi connectivity index (χ0n) is 13.7. The molecule has 1 heterocycles. The molecule has 0 unspecified atom stereocenters. The third-order valence-corrected chi connectivity index (χ3v) is 4.30. The summed E-state index contributed by atoms with van der Waals surface area (Å²) in [7, 11) is 0. The number of carbonyl (C=O) groups is 2. The van der Waals surface area contributed by atoms with Crippen molar-refractivity contribution in [2.75, 3.05) is 18.0 Å². The maximum atomic E-state index is 13.3. The van der Waals surface area contributed by atoms with Crippen LogP contribution in [0.4, 0.5) is 10.1 Å². The summed E-state index contributed by atoms with van der Waals surface area (Å²) in [5, 5.41) is 0. The summed E-state index contributed by atoms with van der Waals surface area (Å²) in [6.45, 7) is 4.52. The Bertz CT molecular complexity index is 790. The van der Waals surface area contributed by atoms with Crippen molar-refractivity contribution in [1.29, 1.82) is 0 Å². The maximum Gasteiger partial charge on any atom is 0.254 e. The lowest BCUT2D eigenvalue weighted by atomic mass is 10.1. The number of amides is 2. The second-order valence-electron chi connectivity index (χ2n) is 6.01.